The van der Waals surface area contributed by atoms with Crippen molar-refractivity contribution in [1.29, 1.82) is 0 Å². The number of halogens is 1. The highest BCUT2D eigenvalue weighted by Crippen LogP contribution is 2.20. The number of aromatic nitrogens is 1. The van der Waals surface area contributed by atoms with Crippen LogP contribution >= 0.6 is 11.6 Å². The van der Waals surface area contributed by atoms with Crippen LogP contribution in [0.5, 0.6) is 0 Å². The Kier molecular flexibility index (Phi) is 6.14. The molecule has 0 spiro atoms. The van der Waals surface area contributed by atoms with Crippen molar-refractivity contribution in [2.24, 2.45) is 0 Å². The van der Waals surface area contributed by atoms with Gasteiger partial charge in [-0.25, -0.2) is 9.78 Å². The molecule has 3 N–H and O–H groups in total. The zero-order chi connectivity index (χ0) is 18.4. The molecule has 2 aromatic rings. The number of nitrogens with two attached hydrogens (primary N) is 1. The lowest BCUT2D eigenvalue weighted by molar-refractivity contribution is -0.138. The number of nitrogens with one attached hydrogen (secondary N) is 1. The van der Waals surface area contributed by atoms with Crippen molar-refractivity contribution in [1.82, 2.24) is 10.3 Å². The number of hydrogen-bond donors (Lipinski definition) is 2. The summed E-state index contributed by atoms with van der Waals surface area (Å²) >= 11 is 5.94. The van der Waals surface area contributed by atoms with E-state index in [0.717, 1.165) is 5.56 Å². The number of rotatable bonds is 5. The average Bonchev–Trinajstić information content (AvgIpc) is 2.60. The van der Waals surface area contributed by atoms with Crippen LogP contribution in [-0.4, -0.2) is 23.5 Å². The topological polar surface area (TPSA) is 94.3 Å². The van der Waals surface area contributed by atoms with E-state index in [0.29, 0.717) is 11.3 Å². The summed E-state index contributed by atoms with van der Waals surface area (Å²) in [4.78, 5) is 28.6. The first kappa shape index (κ1) is 18.5. The first-order valence-electron chi connectivity index (χ1n) is 7.59. The molecule has 6 nitrogen and oxygen atoms in total. The molecule has 1 heterocycles. The van der Waals surface area contributed by atoms with Gasteiger partial charge in [0, 0.05) is 11.9 Å². The number of ether oxygens (including phenoxy) is 1. The summed E-state index contributed by atoms with van der Waals surface area (Å²) in [5.74, 6) is -1.18. The molecule has 0 aliphatic heterocycles. The molecule has 0 saturated carbocycles. The first-order chi connectivity index (χ1) is 11.9. The number of nitrogen functional groups attached to an aromatic ring is 1. The molecular weight excluding hydrogens is 342 g/mol. The lowest BCUT2D eigenvalue weighted by Crippen LogP contribution is -2.30. The Bertz CT molecular complexity index is 817. The van der Waals surface area contributed by atoms with Crippen LogP contribution in [0.1, 0.15) is 29.8 Å². The van der Waals surface area contributed by atoms with Gasteiger partial charge in [-0.2, -0.15) is 0 Å². The molecule has 2 rings (SSSR count). The van der Waals surface area contributed by atoms with E-state index < -0.39 is 11.9 Å². The van der Waals surface area contributed by atoms with Crippen LogP contribution in [-0.2, 0) is 9.53 Å². The Labute approximate surface area is 150 Å². The largest absolute Gasteiger partial charge is 0.461 e. The number of nitrogens with zero attached hydrogens (tertiary/aromatic N) is 1. The summed E-state index contributed by atoms with van der Waals surface area (Å²) in [6, 6.07) is 10.0. The van der Waals surface area contributed by atoms with E-state index in [2.05, 4.69) is 10.3 Å². The van der Waals surface area contributed by atoms with Gasteiger partial charge in [0.15, 0.2) is 0 Å². The van der Waals surface area contributed by atoms with Crippen molar-refractivity contribution in [2.45, 2.75) is 13.8 Å². The van der Waals surface area contributed by atoms with Crippen molar-refractivity contribution in [3.8, 4) is 0 Å². The van der Waals surface area contributed by atoms with Crippen LogP contribution in [0, 0.1) is 0 Å². The number of carbonyl (C=O) groups is 2. The van der Waals surface area contributed by atoms with Gasteiger partial charge < -0.3 is 15.8 Å². The lowest BCUT2D eigenvalue weighted by Gasteiger charge is -2.14. The number of hydrogen-bond acceptors (Lipinski definition) is 5. The highest BCUT2D eigenvalue weighted by Gasteiger charge is 2.20. The fourth-order valence-electron chi connectivity index (χ4n) is 2.11. The van der Waals surface area contributed by atoms with Crippen LogP contribution < -0.4 is 11.1 Å². The molecular formula is C18H18ClN3O3. The molecule has 0 saturated heterocycles. The normalized spacial score (nSPS) is 11.5. The number of amides is 1. The van der Waals surface area contributed by atoms with Crippen LogP contribution in [0.25, 0.3) is 5.57 Å². The van der Waals surface area contributed by atoms with E-state index in [1.807, 2.05) is 0 Å². The number of pyridine rings is 1. The number of benzene rings is 1. The summed E-state index contributed by atoms with van der Waals surface area (Å²) in [6.07, 6.45) is 1.47. The summed E-state index contributed by atoms with van der Waals surface area (Å²) < 4.78 is 5.05. The highest BCUT2D eigenvalue weighted by atomic mass is 35.5. The Morgan fingerprint density at radius 3 is 2.52 bits per heavy atom. The molecule has 0 atom stereocenters. The standard InChI is InChI=1S/C18H18ClN3O3/c1-3-25-18(24)15(11(2)12-6-8-13(20)9-7-12)22-17(23)14-5-4-10-21-16(14)19/h4-10H,3,20H2,1-2H3,(H,22,23)/b15-11-. The van der Waals surface area contributed by atoms with E-state index in [1.165, 1.54) is 12.3 Å². The quantitative estimate of drug-likeness (QED) is 0.370. The van der Waals surface area contributed by atoms with Crippen molar-refractivity contribution in [3.63, 3.8) is 0 Å². The van der Waals surface area contributed by atoms with Crippen molar-refractivity contribution in [3.05, 3.63) is 64.6 Å². The van der Waals surface area contributed by atoms with Gasteiger partial charge >= 0.3 is 5.97 Å². The minimum Gasteiger partial charge on any atom is -0.461 e. The van der Waals surface area contributed by atoms with Crippen LogP contribution in [0.3, 0.4) is 0 Å². The fourth-order valence-corrected chi connectivity index (χ4v) is 2.32. The lowest BCUT2D eigenvalue weighted by atomic mass is 10.0. The molecule has 0 unspecified atom stereocenters. The van der Waals surface area contributed by atoms with Crippen LogP contribution in [0.4, 0.5) is 5.69 Å². The van der Waals surface area contributed by atoms with Gasteiger partial charge in [0.1, 0.15) is 10.9 Å². The number of esters is 1. The first-order valence-corrected chi connectivity index (χ1v) is 7.97. The second kappa shape index (κ2) is 8.30. The summed E-state index contributed by atoms with van der Waals surface area (Å²) in [7, 11) is 0. The van der Waals surface area contributed by atoms with Gasteiger partial charge in [0.2, 0.25) is 0 Å². The predicted molar refractivity (Wildman–Crippen MR) is 96.8 cm³/mol. The molecule has 0 aliphatic carbocycles. The summed E-state index contributed by atoms with van der Waals surface area (Å²) in [6.45, 7) is 3.58. The maximum atomic E-state index is 12.5. The number of anilines is 1. The van der Waals surface area contributed by atoms with Gasteiger partial charge in [-0.3, -0.25) is 4.79 Å². The van der Waals surface area contributed by atoms with Gasteiger partial charge in [-0.05, 0) is 49.2 Å². The molecule has 1 aromatic heterocycles. The zero-order valence-corrected chi connectivity index (χ0v) is 14.6. The third-order valence-corrected chi connectivity index (χ3v) is 3.74. The van der Waals surface area contributed by atoms with Crippen molar-refractivity contribution in [2.75, 3.05) is 12.3 Å². The van der Waals surface area contributed by atoms with Gasteiger partial charge in [-0.15, -0.1) is 0 Å². The molecule has 25 heavy (non-hydrogen) atoms. The fraction of sp³-hybridized carbons (Fsp3) is 0.167. The Balaban J connectivity index is 2.41. The van der Waals surface area contributed by atoms with Crippen molar-refractivity contribution < 1.29 is 14.3 Å². The molecule has 1 aromatic carbocycles. The highest BCUT2D eigenvalue weighted by molar-refractivity contribution is 6.32. The van der Waals surface area contributed by atoms with E-state index >= 15 is 0 Å². The molecule has 1 amide bonds. The van der Waals surface area contributed by atoms with Crippen LogP contribution in [0.2, 0.25) is 5.15 Å². The monoisotopic (exact) mass is 359 g/mol. The molecule has 7 heteroatoms. The molecule has 0 fully saturated rings. The predicted octanol–water partition coefficient (Wildman–Crippen LogP) is 3.04. The SMILES string of the molecule is CCOC(=O)/C(NC(=O)c1cccnc1Cl)=C(\C)c1ccc(N)cc1. The molecule has 0 radical (unpaired) electrons. The Morgan fingerprint density at radius 1 is 1.24 bits per heavy atom. The minimum atomic E-state index is -0.634. The smallest absolute Gasteiger partial charge is 0.355 e. The maximum absolute atomic E-state index is 12.5. The molecule has 0 aliphatic rings. The maximum Gasteiger partial charge on any atom is 0.355 e. The Hall–Kier alpha value is -2.86. The second-order valence-electron chi connectivity index (χ2n) is 5.14. The van der Waals surface area contributed by atoms with E-state index in [-0.39, 0.29) is 23.0 Å². The minimum absolute atomic E-state index is 0.0385. The zero-order valence-electron chi connectivity index (χ0n) is 13.9. The average molecular weight is 360 g/mol. The van der Waals surface area contributed by atoms with Gasteiger partial charge in [-0.1, -0.05) is 23.7 Å². The third kappa shape index (κ3) is 4.58. The third-order valence-electron chi connectivity index (χ3n) is 3.44. The summed E-state index contributed by atoms with van der Waals surface area (Å²) in [5.41, 5.74) is 7.76. The van der Waals surface area contributed by atoms with Crippen molar-refractivity contribution >= 4 is 34.7 Å². The molecule has 130 valence electrons. The van der Waals surface area contributed by atoms with Gasteiger partial charge in [0.05, 0.1) is 12.2 Å². The van der Waals surface area contributed by atoms with Gasteiger partial charge in [0.25, 0.3) is 5.91 Å². The number of carbonyl (C=O) groups excluding carboxylic acids is 2. The van der Waals surface area contributed by atoms with E-state index in [9.17, 15) is 9.59 Å². The van der Waals surface area contributed by atoms with Crippen LogP contribution in [0.15, 0.2) is 48.3 Å². The number of allylic oxidation sites excluding steroid dienone is 1. The second-order valence-corrected chi connectivity index (χ2v) is 5.50. The van der Waals surface area contributed by atoms with E-state index in [4.69, 9.17) is 22.1 Å². The Morgan fingerprint density at radius 2 is 1.92 bits per heavy atom. The molecule has 0 bridgehead atoms. The summed E-state index contributed by atoms with van der Waals surface area (Å²) in [5, 5.41) is 2.63. The van der Waals surface area contributed by atoms with E-state index in [1.54, 1.807) is 44.2 Å².